The number of imidazole rings is 1. The third-order valence-corrected chi connectivity index (χ3v) is 3.47. The van der Waals surface area contributed by atoms with E-state index in [9.17, 15) is 4.79 Å². The molecule has 5 nitrogen and oxygen atoms in total. The maximum atomic E-state index is 12.3. The van der Waals surface area contributed by atoms with Gasteiger partial charge in [0.25, 0.3) is 5.91 Å². The smallest absolute Gasteiger partial charge is 0.251 e. The van der Waals surface area contributed by atoms with Crippen molar-refractivity contribution in [2.24, 2.45) is 0 Å². The number of nitrogens with one attached hydrogen (secondary N) is 1. The van der Waals surface area contributed by atoms with Crippen LogP contribution in [0.2, 0.25) is 0 Å². The summed E-state index contributed by atoms with van der Waals surface area (Å²) in [6.45, 7) is 2.34. The van der Waals surface area contributed by atoms with Gasteiger partial charge >= 0.3 is 0 Å². The van der Waals surface area contributed by atoms with Gasteiger partial charge in [-0.2, -0.15) is 0 Å². The SMILES string of the molecule is COc1ccccc1CNC(=O)c1ccn2cc(C)nc2c1. The molecule has 0 aliphatic heterocycles. The number of aryl methyl sites for hydroxylation is 1. The molecule has 0 aliphatic rings. The predicted molar refractivity (Wildman–Crippen MR) is 84.1 cm³/mol. The predicted octanol–water partition coefficient (Wildman–Crippen LogP) is 2.58. The summed E-state index contributed by atoms with van der Waals surface area (Å²) in [7, 11) is 1.62. The average Bonchev–Trinajstić information content (AvgIpc) is 2.91. The fourth-order valence-corrected chi connectivity index (χ4v) is 2.38. The second-order valence-corrected chi connectivity index (χ2v) is 5.06. The van der Waals surface area contributed by atoms with Crippen LogP contribution >= 0.6 is 0 Å². The Balaban J connectivity index is 1.75. The number of fused-ring (bicyclic) bond motifs is 1. The van der Waals surface area contributed by atoms with E-state index >= 15 is 0 Å². The zero-order valence-corrected chi connectivity index (χ0v) is 12.5. The number of ether oxygens (including phenoxy) is 1. The maximum absolute atomic E-state index is 12.3. The van der Waals surface area contributed by atoms with E-state index in [1.807, 2.05) is 48.0 Å². The van der Waals surface area contributed by atoms with Crippen LogP contribution in [-0.2, 0) is 6.54 Å². The molecule has 0 radical (unpaired) electrons. The Labute approximate surface area is 128 Å². The summed E-state index contributed by atoms with van der Waals surface area (Å²) >= 11 is 0. The Hall–Kier alpha value is -2.82. The van der Waals surface area contributed by atoms with E-state index in [-0.39, 0.29) is 5.91 Å². The molecule has 5 heteroatoms. The van der Waals surface area contributed by atoms with Crippen LogP contribution in [0.1, 0.15) is 21.6 Å². The molecular weight excluding hydrogens is 278 g/mol. The first-order chi connectivity index (χ1) is 10.7. The van der Waals surface area contributed by atoms with Crippen LogP contribution in [0.3, 0.4) is 0 Å². The molecule has 0 saturated heterocycles. The van der Waals surface area contributed by atoms with Crippen LogP contribution in [0, 0.1) is 6.92 Å². The number of benzene rings is 1. The lowest BCUT2D eigenvalue weighted by Gasteiger charge is -2.09. The number of amides is 1. The van der Waals surface area contributed by atoms with Crippen LogP contribution in [0.4, 0.5) is 0 Å². The van der Waals surface area contributed by atoms with Crippen molar-refractivity contribution in [3.63, 3.8) is 0 Å². The van der Waals surface area contributed by atoms with Crippen LogP contribution in [-0.4, -0.2) is 22.4 Å². The molecule has 0 spiro atoms. The molecule has 2 aromatic heterocycles. The molecule has 0 bridgehead atoms. The Morgan fingerprint density at radius 2 is 2.14 bits per heavy atom. The number of carbonyl (C=O) groups excluding carboxylic acids is 1. The van der Waals surface area contributed by atoms with Gasteiger partial charge in [0.1, 0.15) is 11.4 Å². The van der Waals surface area contributed by atoms with Gasteiger partial charge in [-0.1, -0.05) is 18.2 Å². The average molecular weight is 295 g/mol. The number of nitrogens with zero attached hydrogens (tertiary/aromatic N) is 2. The van der Waals surface area contributed by atoms with Gasteiger partial charge in [0.15, 0.2) is 0 Å². The third kappa shape index (κ3) is 2.79. The maximum Gasteiger partial charge on any atom is 0.251 e. The van der Waals surface area contributed by atoms with Crippen molar-refractivity contribution >= 4 is 11.6 Å². The quantitative estimate of drug-likeness (QED) is 0.805. The van der Waals surface area contributed by atoms with Gasteiger partial charge in [-0.15, -0.1) is 0 Å². The summed E-state index contributed by atoms with van der Waals surface area (Å²) in [5.74, 6) is 0.635. The molecule has 0 fully saturated rings. The van der Waals surface area contributed by atoms with Crippen LogP contribution < -0.4 is 10.1 Å². The van der Waals surface area contributed by atoms with E-state index in [2.05, 4.69) is 10.3 Å². The highest BCUT2D eigenvalue weighted by Crippen LogP contribution is 2.17. The zero-order valence-electron chi connectivity index (χ0n) is 12.5. The minimum atomic E-state index is -0.131. The molecule has 3 aromatic rings. The van der Waals surface area contributed by atoms with Crippen LogP contribution in [0.15, 0.2) is 48.8 Å². The molecule has 2 heterocycles. The first-order valence-corrected chi connectivity index (χ1v) is 7.03. The summed E-state index contributed by atoms with van der Waals surface area (Å²) in [5, 5.41) is 2.91. The Morgan fingerprint density at radius 1 is 1.32 bits per heavy atom. The second-order valence-electron chi connectivity index (χ2n) is 5.06. The largest absolute Gasteiger partial charge is 0.496 e. The minimum Gasteiger partial charge on any atom is -0.496 e. The molecule has 1 aromatic carbocycles. The van der Waals surface area contributed by atoms with Crippen LogP contribution in [0.5, 0.6) is 5.75 Å². The number of para-hydroxylation sites is 1. The normalized spacial score (nSPS) is 10.6. The van der Waals surface area contributed by atoms with Gasteiger partial charge in [0.2, 0.25) is 0 Å². The first kappa shape index (κ1) is 14.1. The van der Waals surface area contributed by atoms with Gasteiger partial charge in [0.05, 0.1) is 12.8 Å². The van der Waals surface area contributed by atoms with E-state index in [1.54, 1.807) is 19.2 Å². The topological polar surface area (TPSA) is 55.6 Å². The lowest BCUT2D eigenvalue weighted by atomic mass is 10.2. The summed E-state index contributed by atoms with van der Waals surface area (Å²) < 4.78 is 7.17. The molecule has 112 valence electrons. The highest BCUT2D eigenvalue weighted by atomic mass is 16.5. The van der Waals surface area contributed by atoms with E-state index in [0.717, 1.165) is 22.7 Å². The van der Waals surface area contributed by atoms with Crippen LogP contribution in [0.25, 0.3) is 5.65 Å². The number of rotatable bonds is 4. The van der Waals surface area contributed by atoms with Gasteiger partial charge in [-0.25, -0.2) is 4.98 Å². The molecular formula is C17H17N3O2. The van der Waals surface area contributed by atoms with E-state index in [4.69, 9.17) is 4.74 Å². The second kappa shape index (κ2) is 5.89. The van der Waals surface area contributed by atoms with Crippen molar-refractivity contribution in [3.8, 4) is 5.75 Å². The summed E-state index contributed by atoms with van der Waals surface area (Å²) in [5.41, 5.74) is 3.22. The molecule has 1 amide bonds. The first-order valence-electron chi connectivity index (χ1n) is 7.03. The third-order valence-electron chi connectivity index (χ3n) is 3.47. The number of methoxy groups -OCH3 is 1. The molecule has 0 aliphatic carbocycles. The van der Waals surface area contributed by atoms with Crippen molar-refractivity contribution in [2.45, 2.75) is 13.5 Å². The Bertz CT molecular complexity index is 824. The number of aromatic nitrogens is 2. The molecule has 0 atom stereocenters. The summed E-state index contributed by atoms with van der Waals surface area (Å²) in [4.78, 5) is 16.6. The fraction of sp³-hybridized carbons (Fsp3) is 0.176. The highest BCUT2D eigenvalue weighted by molar-refractivity contribution is 5.95. The van der Waals surface area contributed by atoms with E-state index in [0.29, 0.717) is 12.1 Å². The van der Waals surface area contributed by atoms with Gasteiger partial charge in [-0.3, -0.25) is 4.79 Å². The van der Waals surface area contributed by atoms with E-state index < -0.39 is 0 Å². The van der Waals surface area contributed by atoms with Crippen molar-refractivity contribution in [3.05, 3.63) is 65.6 Å². The van der Waals surface area contributed by atoms with Gasteiger partial charge in [-0.05, 0) is 25.1 Å². The number of pyridine rings is 1. The Kier molecular flexibility index (Phi) is 3.78. The van der Waals surface area contributed by atoms with Gasteiger partial charge < -0.3 is 14.5 Å². The minimum absolute atomic E-state index is 0.131. The van der Waals surface area contributed by atoms with Crippen molar-refractivity contribution in [2.75, 3.05) is 7.11 Å². The fourth-order valence-electron chi connectivity index (χ4n) is 2.38. The number of hydrogen-bond acceptors (Lipinski definition) is 3. The summed E-state index contributed by atoms with van der Waals surface area (Å²) in [6.07, 6.45) is 3.76. The molecule has 3 rings (SSSR count). The van der Waals surface area contributed by atoms with Gasteiger partial charge in [0, 0.05) is 30.1 Å². The Morgan fingerprint density at radius 3 is 2.95 bits per heavy atom. The molecule has 0 unspecified atom stereocenters. The molecule has 1 N–H and O–H groups in total. The highest BCUT2D eigenvalue weighted by Gasteiger charge is 2.09. The van der Waals surface area contributed by atoms with Crippen molar-refractivity contribution in [1.82, 2.24) is 14.7 Å². The zero-order chi connectivity index (χ0) is 15.5. The van der Waals surface area contributed by atoms with Crippen molar-refractivity contribution in [1.29, 1.82) is 0 Å². The monoisotopic (exact) mass is 295 g/mol. The standard InChI is InChI=1S/C17H17N3O2/c1-12-11-20-8-7-13(9-16(20)19-12)17(21)18-10-14-5-3-4-6-15(14)22-2/h3-9,11H,10H2,1-2H3,(H,18,21). The number of hydrogen-bond donors (Lipinski definition) is 1. The molecule has 22 heavy (non-hydrogen) atoms. The van der Waals surface area contributed by atoms with E-state index in [1.165, 1.54) is 0 Å². The lowest BCUT2D eigenvalue weighted by molar-refractivity contribution is 0.0950. The van der Waals surface area contributed by atoms with Crippen molar-refractivity contribution < 1.29 is 9.53 Å². The number of carbonyl (C=O) groups is 1. The summed E-state index contributed by atoms with van der Waals surface area (Å²) in [6, 6.07) is 11.2. The lowest BCUT2D eigenvalue weighted by Crippen LogP contribution is -2.23. The molecule has 0 saturated carbocycles.